The molecule has 0 radical (unpaired) electrons. The van der Waals surface area contributed by atoms with E-state index in [0.717, 1.165) is 0 Å². The van der Waals surface area contributed by atoms with Gasteiger partial charge in [0.2, 0.25) is 0 Å². The molecule has 1 fully saturated rings. The number of alkyl halides is 1. The summed E-state index contributed by atoms with van der Waals surface area (Å²) in [5, 5.41) is 1.88. The molecule has 0 aromatic carbocycles. The van der Waals surface area contributed by atoms with Gasteiger partial charge in [-0.3, -0.25) is 0 Å². The minimum Gasteiger partial charge on any atom is -0.444 e. The van der Waals surface area contributed by atoms with Gasteiger partial charge in [-0.05, 0) is 20.8 Å². The van der Waals surface area contributed by atoms with Gasteiger partial charge < -0.3 is 10.1 Å². The average molecular weight is 270 g/mol. The van der Waals surface area contributed by atoms with Crippen molar-refractivity contribution in [2.24, 2.45) is 0 Å². The van der Waals surface area contributed by atoms with E-state index in [9.17, 15) is 13.2 Å². The monoisotopic (exact) mass is 269 g/mol. The molecule has 1 aliphatic rings. The van der Waals surface area contributed by atoms with Crippen LogP contribution < -0.4 is 5.32 Å². The van der Waals surface area contributed by atoms with Crippen molar-refractivity contribution in [2.45, 2.75) is 37.8 Å². The first-order valence-corrected chi connectivity index (χ1v) is 7.19. The largest absolute Gasteiger partial charge is 0.444 e. The van der Waals surface area contributed by atoms with Crippen LogP contribution in [-0.4, -0.2) is 43.0 Å². The maximum Gasteiger partial charge on any atom is 0.407 e. The van der Waals surface area contributed by atoms with Gasteiger partial charge in [-0.2, -0.15) is 0 Å². The van der Waals surface area contributed by atoms with Crippen LogP contribution in [0, 0.1) is 0 Å². The summed E-state index contributed by atoms with van der Waals surface area (Å²) in [6, 6.07) is -0.568. The number of halogens is 1. The van der Waals surface area contributed by atoms with Crippen molar-refractivity contribution in [1.29, 1.82) is 0 Å². The number of nitrogens with one attached hydrogen (secondary N) is 1. The van der Waals surface area contributed by atoms with Crippen LogP contribution in [-0.2, 0) is 14.6 Å². The molecule has 0 unspecified atom stereocenters. The van der Waals surface area contributed by atoms with Gasteiger partial charge in [-0.1, -0.05) is 0 Å². The van der Waals surface area contributed by atoms with E-state index in [-0.39, 0.29) is 11.5 Å². The van der Waals surface area contributed by atoms with Gasteiger partial charge in [-0.25, -0.2) is 13.2 Å². The SMILES string of the molecule is CC(C)(C)OC(=O)N[C@@H]1CS(=O)(=O)C[C@H]1Cl. The molecule has 0 bridgehead atoms. The van der Waals surface area contributed by atoms with Crippen LogP contribution >= 0.6 is 11.6 Å². The summed E-state index contributed by atoms with van der Waals surface area (Å²) in [6.45, 7) is 5.20. The summed E-state index contributed by atoms with van der Waals surface area (Å²) in [4.78, 5) is 11.4. The molecular weight excluding hydrogens is 254 g/mol. The van der Waals surface area contributed by atoms with Gasteiger partial charge in [0.05, 0.1) is 22.9 Å². The lowest BCUT2D eigenvalue weighted by molar-refractivity contribution is 0.0510. The second kappa shape index (κ2) is 4.41. The molecule has 1 heterocycles. The Balaban J connectivity index is 2.53. The molecule has 0 aromatic heterocycles. The lowest BCUT2D eigenvalue weighted by Gasteiger charge is -2.22. The van der Waals surface area contributed by atoms with E-state index < -0.39 is 33.0 Å². The molecule has 1 amide bonds. The zero-order chi connectivity index (χ0) is 12.6. The molecule has 7 heteroatoms. The predicted molar refractivity (Wildman–Crippen MR) is 61.5 cm³/mol. The molecule has 2 atom stereocenters. The summed E-state index contributed by atoms with van der Waals surface area (Å²) < 4.78 is 27.5. The number of amides is 1. The molecular formula is C9H16ClNO4S. The van der Waals surface area contributed by atoms with Crippen molar-refractivity contribution >= 4 is 27.5 Å². The fraction of sp³-hybridized carbons (Fsp3) is 0.889. The number of alkyl carbamates (subject to hydrolysis) is 1. The highest BCUT2D eigenvalue weighted by molar-refractivity contribution is 7.91. The highest BCUT2D eigenvalue weighted by Gasteiger charge is 2.38. The van der Waals surface area contributed by atoms with Crippen LogP contribution in [0.4, 0.5) is 4.79 Å². The molecule has 94 valence electrons. The van der Waals surface area contributed by atoms with Crippen LogP contribution in [0.25, 0.3) is 0 Å². The van der Waals surface area contributed by atoms with E-state index in [4.69, 9.17) is 16.3 Å². The first-order chi connectivity index (χ1) is 7.09. The molecule has 1 saturated heterocycles. The van der Waals surface area contributed by atoms with Gasteiger partial charge >= 0.3 is 6.09 Å². The minimum atomic E-state index is -3.14. The van der Waals surface area contributed by atoms with Gasteiger partial charge in [0.25, 0.3) is 0 Å². The van der Waals surface area contributed by atoms with E-state index in [2.05, 4.69) is 5.32 Å². The van der Waals surface area contributed by atoms with Gasteiger partial charge in [-0.15, -0.1) is 11.6 Å². The van der Waals surface area contributed by atoms with E-state index >= 15 is 0 Å². The van der Waals surface area contributed by atoms with Crippen molar-refractivity contribution in [3.63, 3.8) is 0 Å². The Bertz CT molecular complexity index is 373. The first kappa shape index (κ1) is 13.6. The number of carbonyl (C=O) groups excluding carboxylic acids is 1. The maximum absolute atomic E-state index is 11.4. The van der Waals surface area contributed by atoms with E-state index in [1.807, 2.05) is 0 Å². The maximum atomic E-state index is 11.4. The van der Waals surface area contributed by atoms with Crippen molar-refractivity contribution in [1.82, 2.24) is 5.32 Å². The highest BCUT2D eigenvalue weighted by atomic mass is 35.5. The molecule has 0 spiro atoms. The Hall–Kier alpha value is -0.490. The summed E-state index contributed by atoms with van der Waals surface area (Å²) >= 11 is 5.83. The van der Waals surface area contributed by atoms with Crippen LogP contribution in [0.2, 0.25) is 0 Å². The zero-order valence-electron chi connectivity index (χ0n) is 9.49. The van der Waals surface area contributed by atoms with Gasteiger partial charge in [0, 0.05) is 0 Å². The fourth-order valence-electron chi connectivity index (χ4n) is 1.40. The number of sulfone groups is 1. The van der Waals surface area contributed by atoms with E-state index in [1.165, 1.54) is 0 Å². The Morgan fingerprint density at radius 1 is 1.38 bits per heavy atom. The predicted octanol–water partition coefficient (Wildman–Crippen LogP) is 0.915. The fourth-order valence-corrected chi connectivity index (χ4v) is 3.95. The number of carbonyl (C=O) groups is 1. The summed E-state index contributed by atoms with van der Waals surface area (Å²) in [7, 11) is -3.14. The second-order valence-corrected chi connectivity index (χ2v) is 7.56. The normalized spacial score (nSPS) is 28.8. The molecule has 1 N–H and O–H groups in total. The second-order valence-electron chi connectivity index (χ2n) is 4.85. The smallest absolute Gasteiger partial charge is 0.407 e. The topological polar surface area (TPSA) is 72.5 Å². The lowest BCUT2D eigenvalue weighted by atomic mass is 10.2. The number of hydrogen-bond acceptors (Lipinski definition) is 4. The molecule has 0 aliphatic carbocycles. The van der Waals surface area contributed by atoms with Crippen LogP contribution in [0.1, 0.15) is 20.8 Å². The minimum absolute atomic E-state index is 0.102. The number of rotatable bonds is 1. The summed E-state index contributed by atoms with van der Waals surface area (Å²) in [5.41, 5.74) is -0.608. The van der Waals surface area contributed by atoms with Crippen molar-refractivity contribution in [2.75, 3.05) is 11.5 Å². The van der Waals surface area contributed by atoms with E-state index in [1.54, 1.807) is 20.8 Å². The van der Waals surface area contributed by atoms with Crippen LogP contribution in [0.15, 0.2) is 0 Å². The zero-order valence-corrected chi connectivity index (χ0v) is 11.1. The number of ether oxygens (including phenoxy) is 1. The molecule has 0 saturated carbocycles. The van der Waals surface area contributed by atoms with E-state index in [0.29, 0.717) is 0 Å². The van der Waals surface area contributed by atoms with Crippen molar-refractivity contribution in [3.8, 4) is 0 Å². The van der Waals surface area contributed by atoms with Crippen LogP contribution in [0.3, 0.4) is 0 Å². The van der Waals surface area contributed by atoms with Gasteiger partial charge in [0.1, 0.15) is 5.60 Å². The number of hydrogen-bond donors (Lipinski definition) is 1. The third kappa shape index (κ3) is 4.17. The van der Waals surface area contributed by atoms with Crippen molar-refractivity contribution < 1.29 is 17.9 Å². The molecule has 0 aromatic rings. The molecule has 1 aliphatic heterocycles. The first-order valence-electron chi connectivity index (χ1n) is 4.93. The van der Waals surface area contributed by atoms with Crippen molar-refractivity contribution in [3.05, 3.63) is 0 Å². The quantitative estimate of drug-likeness (QED) is 0.719. The highest BCUT2D eigenvalue weighted by Crippen LogP contribution is 2.18. The molecule has 5 nitrogen and oxygen atoms in total. The lowest BCUT2D eigenvalue weighted by Crippen LogP contribution is -2.43. The third-order valence-electron chi connectivity index (χ3n) is 1.99. The molecule has 1 rings (SSSR count). The Labute approximate surface area is 100 Å². The third-order valence-corrected chi connectivity index (χ3v) is 4.36. The summed E-state index contributed by atoms with van der Waals surface area (Å²) in [6.07, 6.45) is -0.639. The van der Waals surface area contributed by atoms with Crippen LogP contribution in [0.5, 0.6) is 0 Å². The Morgan fingerprint density at radius 2 is 1.94 bits per heavy atom. The average Bonchev–Trinajstić information content (AvgIpc) is 2.19. The Kier molecular flexibility index (Phi) is 3.74. The van der Waals surface area contributed by atoms with Gasteiger partial charge in [0.15, 0.2) is 9.84 Å². The Morgan fingerprint density at radius 3 is 2.31 bits per heavy atom. The molecule has 16 heavy (non-hydrogen) atoms. The summed E-state index contributed by atoms with van der Waals surface area (Å²) in [5.74, 6) is -0.227. The standard InChI is InChI=1S/C9H16ClNO4S/c1-9(2,3)15-8(12)11-7-5-16(13,14)4-6(7)10/h6-7H,4-5H2,1-3H3,(H,11,12)/t6-,7-/m1/s1.